The number of esters is 2. The third kappa shape index (κ3) is 3.62. The van der Waals surface area contributed by atoms with Gasteiger partial charge in [-0.05, 0) is 99.7 Å². The number of rotatable bonds is 4. The van der Waals surface area contributed by atoms with E-state index in [1.54, 1.807) is 0 Å². The SMILES string of the molecule is CCOC(=O)C[C@@]1(O)CC[C@H]2[C@@H]3CC[C@H]4C[C@H](OC(C)=O)CC[C@@H]4[C@H]3CC[C@@]21C. The Morgan fingerprint density at radius 1 is 1.00 bits per heavy atom. The second-order valence-electron chi connectivity index (χ2n) is 10.5. The van der Waals surface area contributed by atoms with E-state index in [9.17, 15) is 14.7 Å². The van der Waals surface area contributed by atoms with E-state index in [2.05, 4.69) is 6.92 Å². The average molecular weight is 407 g/mol. The molecule has 0 aromatic rings. The third-order valence-electron chi connectivity index (χ3n) is 9.30. The predicted molar refractivity (Wildman–Crippen MR) is 109 cm³/mol. The Kier molecular flexibility index (Phi) is 5.73. The standard InChI is InChI=1S/C24H38O5/c1-4-28-22(26)14-24(27)12-10-21-20-7-5-16-13-17(29-15(2)25)6-8-18(16)19(20)9-11-23(21,24)3/h16-21,27H,4-14H2,1-3H3/t16-,17+,18-,19+,20+,21-,23-,24-/m0/s1. The first kappa shape index (κ1) is 21.1. The molecule has 4 fully saturated rings. The highest BCUT2D eigenvalue weighted by atomic mass is 16.5. The topological polar surface area (TPSA) is 72.8 Å². The molecule has 0 spiro atoms. The van der Waals surface area contributed by atoms with E-state index >= 15 is 0 Å². The second kappa shape index (κ2) is 7.86. The highest BCUT2D eigenvalue weighted by Crippen LogP contribution is 2.66. The van der Waals surface area contributed by atoms with Crippen molar-refractivity contribution in [2.75, 3.05) is 6.61 Å². The third-order valence-corrected chi connectivity index (χ3v) is 9.30. The summed E-state index contributed by atoms with van der Waals surface area (Å²) in [4.78, 5) is 23.5. The molecule has 0 saturated heterocycles. The van der Waals surface area contributed by atoms with Crippen molar-refractivity contribution >= 4 is 11.9 Å². The highest BCUT2D eigenvalue weighted by Gasteiger charge is 2.63. The van der Waals surface area contributed by atoms with Gasteiger partial charge in [-0.25, -0.2) is 0 Å². The van der Waals surface area contributed by atoms with Gasteiger partial charge < -0.3 is 14.6 Å². The summed E-state index contributed by atoms with van der Waals surface area (Å²) >= 11 is 0. The van der Waals surface area contributed by atoms with Gasteiger partial charge in [0.15, 0.2) is 0 Å². The second-order valence-corrected chi connectivity index (χ2v) is 10.5. The van der Waals surface area contributed by atoms with E-state index in [1.807, 2.05) is 6.92 Å². The van der Waals surface area contributed by atoms with Crippen LogP contribution in [0.1, 0.15) is 85.0 Å². The minimum atomic E-state index is -0.918. The largest absolute Gasteiger partial charge is 0.466 e. The molecule has 4 aliphatic rings. The zero-order chi connectivity index (χ0) is 20.8. The maximum Gasteiger partial charge on any atom is 0.308 e. The molecule has 0 heterocycles. The molecule has 0 amide bonds. The van der Waals surface area contributed by atoms with Crippen molar-refractivity contribution in [1.82, 2.24) is 0 Å². The summed E-state index contributed by atoms with van der Waals surface area (Å²) in [5.41, 5.74) is -1.10. The molecule has 0 aromatic heterocycles. The maximum atomic E-state index is 12.2. The summed E-state index contributed by atoms with van der Waals surface area (Å²) in [7, 11) is 0. The zero-order valence-electron chi connectivity index (χ0n) is 18.3. The van der Waals surface area contributed by atoms with Gasteiger partial charge in [0, 0.05) is 6.92 Å². The number of hydrogen-bond acceptors (Lipinski definition) is 5. The van der Waals surface area contributed by atoms with E-state index in [-0.39, 0.29) is 29.9 Å². The summed E-state index contributed by atoms with van der Waals surface area (Å²) in [5, 5.41) is 11.5. The molecule has 4 aliphatic carbocycles. The fourth-order valence-electron chi connectivity index (χ4n) is 8.00. The van der Waals surface area contributed by atoms with Gasteiger partial charge in [0.2, 0.25) is 0 Å². The van der Waals surface area contributed by atoms with Crippen LogP contribution in [0.5, 0.6) is 0 Å². The first-order chi connectivity index (χ1) is 13.8. The van der Waals surface area contributed by atoms with Crippen LogP contribution in [0.15, 0.2) is 0 Å². The van der Waals surface area contributed by atoms with Gasteiger partial charge in [-0.3, -0.25) is 9.59 Å². The van der Waals surface area contributed by atoms with Crippen LogP contribution in [0.25, 0.3) is 0 Å². The Balaban J connectivity index is 1.46. The summed E-state index contributed by atoms with van der Waals surface area (Å²) < 4.78 is 10.7. The van der Waals surface area contributed by atoms with Gasteiger partial charge in [-0.2, -0.15) is 0 Å². The molecule has 0 aromatic carbocycles. The Morgan fingerprint density at radius 3 is 2.48 bits per heavy atom. The fraction of sp³-hybridized carbons (Fsp3) is 0.917. The molecule has 5 heteroatoms. The predicted octanol–water partition coefficient (Wildman–Crippen LogP) is 4.26. The number of carbonyl (C=O) groups is 2. The molecule has 5 nitrogen and oxygen atoms in total. The van der Waals surface area contributed by atoms with E-state index < -0.39 is 5.60 Å². The molecule has 0 bridgehead atoms. The quantitative estimate of drug-likeness (QED) is 0.707. The van der Waals surface area contributed by atoms with Gasteiger partial charge in [0.25, 0.3) is 0 Å². The van der Waals surface area contributed by atoms with E-state index in [0.29, 0.717) is 24.4 Å². The van der Waals surface area contributed by atoms with Gasteiger partial charge in [0.05, 0.1) is 18.6 Å². The Morgan fingerprint density at radius 2 is 1.76 bits per heavy atom. The van der Waals surface area contributed by atoms with Crippen molar-refractivity contribution < 1.29 is 24.2 Å². The van der Waals surface area contributed by atoms with Crippen LogP contribution in [-0.2, 0) is 19.1 Å². The Hall–Kier alpha value is -1.10. The number of ether oxygens (including phenoxy) is 2. The molecular weight excluding hydrogens is 368 g/mol. The summed E-state index contributed by atoms with van der Waals surface area (Å²) in [5.74, 6) is 2.91. The number of aliphatic hydroxyl groups is 1. The van der Waals surface area contributed by atoms with E-state index in [1.165, 1.54) is 26.2 Å². The van der Waals surface area contributed by atoms with Crippen LogP contribution in [-0.4, -0.2) is 35.4 Å². The van der Waals surface area contributed by atoms with Crippen molar-refractivity contribution in [2.24, 2.45) is 35.0 Å². The van der Waals surface area contributed by atoms with Gasteiger partial charge >= 0.3 is 11.9 Å². The minimum absolute atomic E-state index is 0.111. The van der Waals surface area contributed by atoms with Crippen molar-refractivity contribution in [1.29, 1.82) is 0 Å². The first-order valence-corrected chi connectivity index (χ1v) is 11.8. The van der Waals surface area contributed by atoms with Crippen LogP contribution in [0.3, 0.4) is 0 Å². The molecule has 4 saturated carbocycles. The van der Waals surface area contributed by atoms with Gasteiger partial charge in [0.1, 0.15) is 6.10 Å². The maximum absolute atomic E-state index is 12.2. The zero-order valence-corrected chi connectivity index (χ0v) is 18.3. The van der Waals surface area contributed by atoms with E-state index in [0.717, 1.165) is 50.4 Å². The van der Waals surface area contributed by atoms with Crippen LogP contribution >= 0.6 is 0 Å². The molecule has 0 unspecified atom stereocenters. The molecule has 0 radical (unpaired) electrons. The molecule has 164 valence electrons. The lowest BCUT2D eigenvalue weighted by molar-refractivity contribution is -0.165. The average Bonchev–Trinajstić information content (AvgIpc) is 2.92. The van der Waals surface area contributed by atoms with Crippen LogP contribution in [0.2, 0.25) is 0 Å². The number of hydrogen-bond donors (Lipinski definition) is 1. The molecule has 1 N–H and O–H groups in total. The monoisotopic (exact) mass is 406 g/mol. The van der Waals surface area contributed by atoms with Crippen molar-refractivity contribution in [2.45, 2.75) is 96.7 Å². The first-order valence-electron chi connectivity index (χ1n) is 11.8. The Bertz CT molecular complexity index is 647. The molecular formula is C24H38O5. The normalized spacial score (nSPS) is 46.2. The van der Waals surface area contributed by atoms with Gasteiger partial charge in [-0.15, -0.1) is 0 Å². The minimum Gasteiger partial charge on any atom is -0.466 e. The van der Waals surface area contributed by atoms with Crippen LogP contribution < -0.4 is 0 Å². The molecule has 4 rings (SSSR count). The lowest BCUT2D eigenvalue weighted by Gasteiger charge is -2.57. The number of carbonyl (C=O) groups excluding carboxylic acids is 2. The lowest BCUT2D eigenvalue weighted by atomic mass is 9.49. The smallest absolute Gasteiger partial charge is 0.308 e. The van der Waals surface area contributed by atoms with Crippen molar-refractivity contribution in [3.8, 4) is 0 Å². The summed E-state index contributed by atoms with van der Waals surface area (Å²) in [6.07, 6.45) is 9.79. The molecule has 29 heavy (non-hydrogen) atoms. The van der Waals surface area contributed by atoms with Crippen LogP contribution in [0, 0.1) is 35.0 Å². The lowest BCUT2D eigenvalue weighted by Crippen LogP contribution is -2.54. The summed E-state index contributed by atoms with van der Waals surface area (Å²) in [6, 6.07) is 0. The van der Waals surface area contributed by atoms with Gasteiger partial charge in [-0.1, -0.05) is 6.92 Å². The number of fused-ring (bicyclic) bond motifs is 5. The van der Waals surface area contributed by atoms with Crippen molar-refractivity contribution in [3.05, 3.63) is 0 Å². The molecule has 0 aliphatic heterocycles. The highest BCUT2D eigenvalue weighted by molar-refractivity contribution is 5.71. The summed E-state index contributed by atoms with van der Waals surface area (Å²) in [6.45, 7) is 5.95. The van der Waals surface area contributed by atoms with Crippen LogP contribution in [0.4, 0.5) is 0 Å². The Labute approximate surface area is 174 Å². The van der Waals surface area contributed by atoms with E-state index in [4.69, 9.17) is 9.47 Å². The van der Waals surface area contributed by atoms with Crippen molar-refractivity contribution in [3.63, 3.8) is 0 Å². The fourth-order valence-corrected chi connectivity index (χ4v) is 8.00. The molecule has 8 atom stereocenters.